The van der Waals surface area contributed by atoms with E-state index < -0.39 is 0 Å². The highest BCUT2D eigenvalue weighted by molar-refractivity contribution is 5.69. The van der Waals surface area contributed by atoms with Gasteiger partial charge in [-0.15, -0.1) is 0 Å². The molecule has 0 radical (unpaired) electrons. The second-order valence-electron chi connectivity index (χ2n) is 9.18. The van der Waals surface area contributed by atoms with Gasteiger partial charge in [-0.05, 0) is 66.3 Å². The highest BCUT2D eigenvalue weighted by Crippen LogP contribution is 2.37. The Morgan fingerprint density at radius 1 is 0.949 bits per heavy atom. The van der Waals surface area contributed by atoms with Crippen LogP contribution >= 0.6 is 0 Å². The lowest BCUT2D eigenvalue weighted by molar-refractivity contribution is -0.143. The van der Waals surface area contributed by atoms with Crippen LogP contribution < -0.4 is 24.3 Å². The SMILES string of the molecule is CCOC(=O)CCCOc1cc(C=CC2NCCc3cc(OCc4ccccc4)c(OC)cc32)ccc1OC. The van der Waals surface area contributed by atoms with E-state index in [0.717, 1.165) is 35.6 Å². The van der Waals surface area contributed by atoms with Crippen LogP contribution in [0.25, 0.3) is 6.08 Å². The number of benzene rings is 3. The van der Waals surface area contributed by atoms with E-state index in [2.05, 4.69) is 41.7 Å². The third-order valence-electron chi connectivity index (χ3n) is 6.51. The van der Waals surface area contributed by atoms with Crippen molar-refractivity contribution in [2.75, 3.05) is 34.0 Å². The molecule has 1 unspecified atom stereocenters. The van der Waals surface area contributed by atoms with Gasteiger partial charge >= 0.3 is 5.97 Å². The number of hydrogen-bond acceptors (Lipinski definition) is 7. The molecule has 0 fully saturated rings. The van der Waals surface area contributed by atoms with Crippen LogP contribution in [0.3, 0.4) is 0 Å². The van der Waals surface area contributed by atoms with Crippen molar-refractivity contribution in [1.29, 1.82) is 0 Å². The van der Waals surface area contributed by atoms with Crippen molar-refractivity contribution in [2.45, 2.75) is 38.8 Å². The minimum absolute atomic E-state index is 0.0295. The first-order valence-corrected chi connectivity index (χ1v) is 13.4. The highest BCUT2D eigenvalue weighted by Gasteiger charge is 2.21. The van der Waals surface area contributed by atoms with Crippen LogP contribution in [0.4, 0.5) is 0 Å². The summed E-state index contributed by atoms with van der Waals surface area (Å²) in [6.45, 7) is 3.94. The molecule has 39 heavy (non-hydrogen) atoms. The molecule has 4 rings (SSSR count). The molecule has 1 aliphatic rings. The maximum absolute atomic E-state index is 11.6. The zero-order chi connectivity index (χ0) is 27.5. The summed E-state index contributed by atoms with van der Waals surface area (Å²) in [7, 11) is 3.29. The highest BCUT2D eigenvalue weighted by atomic mass is 16.5. The molecule has 1 atom stereocenters. The van der Waals surface area contributed by atoms with Crippen LogP contribution in [0, 0.1) is 0 Å². The molecule has 0 aromatic heterocycles. The van der Waals surface area contributed by atoms with Crippen molar-refractivity contribution < 1.29 is 28.5 Å². The van der Waals surface area contributed by atoms with Gasteiger partial charge in [0.2, 0.25) is 0 Å². The molecule has 1 heterocycles. The molecule has 3 aromatic carbocycles. The average Bonchev–Trinajstić information content (AvgIpc) is 2.97. The van der Waals surface area contributed by atoms with Gasteiger partial charge in [0.05, 0.1) is 33.5 Å². The van der Waals surface area contributed by atoms with Gasteiger partial charge < -0.3 is 29.0 Å². The first-order valence-electron chi connectivity index (χ1n) is 13.4. The molecule has 206 valence electrons. The Morgan fingerprint density at radius 3 is 2.51 bits per heavy atom. The Labute approximate surface area is 230 Å². The van der Waals surface area contributed by atoms with Gasteiger partial charge in [-0.1, -0.05) is 48.6 Å². The van der Waals surface area contributed by atoms with Crippen LogP contribution in [0.5, 0.6) is 23.0 Å². The van der Waals surface area contributed by atoms with E-state index in [1.54, 1.807) is 21.1 Å². The zero-order valence-corrected chi connectivity index (χ0v) is 22.9. The van der Waals surface area contributed by atoms with Crippen LogP contribution in [0.1, 0.15) is 48.1 Å². The number of fused-ring (bicyclic) bond motifs is 1. The first-order chi connectivity index (χ1) is 19.1. The molecule has 0 aliphatic carbocycles. The fourth-order valence-corrected chi connectivity index (χ4v) is 4.52. The van der Waals surface area contributed by atoms with Crippen molar-refractivity contribution in [3.8, 4) is 23.0 Å². The van der Waals surface area contributed by atoms with Crippen molar-refractivity contribution in [2.24, 2.45) is 0 Å². The van der Waals surface area contributed by atoms with Crippen molar-refractivity contribution >= 4 is 12.0 Å². The molecule has 0 bridgehead atoms. The summed E-state index contributed by atoms with van der Waals surface area (Å²) in [5, 5.41) is 3.59. The van der Waals surface area contributed by atoms with E-state index in [4.69, 9.17) is 23.7 Å². The molecule has 0 saturated carbocycles. The number of methoxy groups -OCH3 is 2. The van der Waals surface area contributed by atoms with Crippen molar-refractivity contribution in [1.82, 2.24) is 5.32 Å². The maximum Gasteiger partial charge on any atom is 0.305 e. The van der Waals surface area contributed by atoms with Gasteiger partial charge in [0.15, 0.2) is 23.0 Å². The van der Waals surface area contributed by atoms with Crippen LogP contribution in [-0.4, -0.2) is 39.9 Å². The van der Waals surface area contributed by atoms with E-state index in [9.17, 15) is 4.79 Å². The molecule has 0 spiro atoms. The second-order valence-corrected chi connectivity index (χ2v) is 9.18. The summed E-state index contributed by atoms with van der Waals surface area (Å²) >= 11 is 0. The zero-order valence-electron chi connectivity index (χ0n) is 22.9. The summed E-state index contributed by atoms with van der Waals surface area (Å²) in [5.41, 5.74) is 4.51. The number of carbonyl (C=O) groups excluding carboxylic acids is 1. The predicted octanol–water partition coefficient (Wildman–Crippen LogP) is 5.91. The number of rotatable bonds is 13. The maximum atomic E-state index is 11.6. The fraction of sp³-hybridized carbons (Fsp3) is 0.344. The van der Waals surface area contributed by atoms with Gasteiger partial charge in [0, 0.05) is 13.0 Å². The summed E-state index contributed by atoms with van der Waals surface area (Å²) in [4.78, 5) is 11.6. The number of ether oxygens (including phenoxy) is 5. The third-order valence-corrected chi connectivity index (χ3v) is 6.51. The number of carbonyl (C=O) groups is 1. The predicted molar refractivity (Wildman–Crippen MR) is 152 cm³/mol. The lowest BCUT2D eigenvalue weighted by atomic mass is 9.93. The van der Waals surface area contributed by atoms with Gasteiger partial charge in [-0.2, -0.15) is 0 Å². The smallest absolute Gasteiger partial charge is 0.305 e. The van der Waals surface area contributed by atoms with Gasteiger partial charge in [-0.25, -0.2) is 0 Å². The van der Waals surface area contributed by atoms with E-state index >= 15 is 0 Å². The monoisotopic (exact) mass is 531 g/mol. The Kier molecular flexibility index (Phi) is 10.3. The van der Waals surface area contributed by atoms with Crippen LogP contribution in [0.2, 0.25) is 0 Å². The Bertz CT molecular complexity index is 1260. The molecular formula is C32H37NO6. The molecule has 1 N–H and O–H groups in total. The van der Waals surface area contributed by atoms with Gasteiger partial charge in [0.25, 0.3) is 0 Å². The lowest BCUT2D eigenvalue weighted by Crippen LogP contribution is -2.28. The van der Waals surface area contributed by atoms with Gasteiger partial charge in [-0.3, -0.25) is 4.79 Å². The summed E-state index contributed by atoms with van der Waals surface area (Å²) in [6.07, 6.45) is 6.03. The van der Waals surface area contributed by atoms with E-state index in [1.165, 1.54) is 11.1 Å². The first kappa shape index (κ1) is 28.0. The molecule has 1 aliphatic heterocycles. The van der Waals surface area contributed by atoms with Crippen LogP contribution in [-0.2, 0) is 22.6 Å². The molecule has 0 saturated heterocycles. The molecular weight excluding hydrogens is 494 g/mol. The minimum atomic E-state index is -0.212. The molecule has 0 amide bonds. The quantitative estimate of drug-likeness (QED) is 0.217. The van der Waals surface area contributed by atoms with E-state index in [-0.39, 0.29) is 12.0 Å². The lowest BCUT2D eigenvalue weighted by Gasteiger charge is -2.26. The summed E-state index contributed by atoms with van der Waals surface area (Å²) in [6, 6.07) is 20.2. The Morgan fingerprint density at radius 2 is 1.74 bits per heavy atom. The average molecular weight is 532 g/mol. The normalized spacial score (nSPS) is 14.5. The van der Waals surface area contributed by atoms with Crippen molar-refractivity contribution in [3.05, 3.63) is 89.0 Å². The molecule has 7 nitrogen and oxygen atoms in total. The summed E-state index contributed by atoms with van der Waals surface area (Å²) < 4.78 is 28.2. The molecule has 7 heteroatoms. The van der Waals surface area contributed by atoms with E-state index in [0.29, 0.717) is 44.2 Å². The summed E-state index contributed by atoms with van der Waals surface area (Å²) in [5.74, 6) is 2.55. The Hall–Kier alpha value is -3.97. The van der Waals surface area contributed by atoms with Crippen LogP contribution in [0.15, 0.2) is 66.7 Å². The number of hydrogen-bond donors (Lipinski definition) is 1. The Balaban J connectivity index is 1.45. The third kappa shape index (κ3) is 7.77. The number of esters is 1. The van der Waals surface area contributed by atoms with Crippen molar-refractivity contribution in [3.63, 3.8) is 0 Å². The number of nitrogens with one attached hydrogen (secondary N) is 1. The largest absolute Gasteiger partial charge is 0.493 e. The fourth-order valence-electron chi connectivity index (χ4n) is 4.52. The second kappa shape index (κ2) is 14.3. The minimum Gasteiger partial charge on any atom is -0.493 e. The topological polar surface area (TPSA) is 75.3 Å². The van der Waals surface area contributed by atoms with Gasteiger partial charge in [0.1, 0.15) is 6.61 Å². The standard InChI is InChI=1S/C32H37NO6/c1-4-37-32(34)11-8-18-38-30-19-23(13-15-28(30)35-2)12-14-27-26-21-29(36-3)31(20-25(26)16-17-33-27)39-22-24-9-6-5-7-10-24/h5-7,9-10,12-15,19-21,27,33H,4,8,11,16-18,22H2,1-3H3. The molecule has 3 aromatic rings. The van der Waals surface area contributed by atoms with E-state index in [1.807, 2.05) is 36.4 Å².